The molecule has 0 nitrogen and oxygen atoms in total. The third kappa shape index (κ3) is 1.72. The highest BCUT2D eigenvalue weighted by Crippen LogP contribution is 2.46. The Morgan fingerprint density at radius 3 is 2.27 bits per heavy atom. The quantitative estimate of drug-likeness (QED) is 0.490. The van der Waals surface area contributed by atoms with Gasteiger partial charge in [0.05, 0.1) is 0 Å². The SMILES string of the molecule is CC1(Cl)CC2CCCC(C2)C1. The molecule has 0 saturated heterocycles. The van der Waals surface area contributed by atoms with Crippen molar-refractivity contribution in [2.24, 2.45) is 11.8 Å². The van der Waals surface area contributed by atoms with Crippen molar-refractivity contribution < 1.29 is 0 Å². The molecule has 0 aromatic rings. The Kier molecular flexibility index (Phi) is 1.91. The molecule has 0 aliphatic heterocycles. The maximum Gasteiger partial charge on any atom is 0.0424 e. The van der Waals surface area contributed by atoms with Crippen LogP contribution in [0.3, 0.4) is 0 Å². The van der Waals surface area contributed by atoms with Crippen molar-refractivity contribution in [2.75, 3.05) is 0 Å². The lowest BCUT2D eigenvalue weighted by molar-refractivity contribution is 0.160. The largest absolute Gasteiger partial charge is 0.120 e. The summed E-state index contributed by atoms with van der Waals surface area (Å²) in [6, 6.07) is 0. The minimum Gasteiger partial charge on any atom is -0.120 e. The Labute approximate surface area is 74.3 Å². The van der Waals surface area contributed by atoms with Gasteiger partial charge in [-0.05, 0) is 38.0 Å². The fourth-order valence-corrected chi connectivity index (χ4v) is 3.50. The second-order valence-corrected chi connectivity index (χ2v) is 5.63. The van der Waals surface area contributed by atoms with Crippen LogP contribution in [0.5, 0.6) is 0 Å². The van der Waals surface area contributed by atoms with Crippen LogP contribution in [0.2, 0.25) is 0 Å². The molecule has 11 heavy (non-hydrogen) atoms. The smallest absolute Gasteiger partial charge is 0.0424 e. The molecule has 0 spiro atoms. The van der Waals surface area contributed by atoms with Crippen LogP contribution >= 0.6 is 11.6 Å². The van der Waals surface area contributed by atoms with Crippen LogP contribution in [0.1, 0.15) is 45.4 Å². The zero-order valence-corrected chi connectivity index (χ0v) is 8.03. The summed E-state index contributed by atoms with van der Waals surface area (Å²) in [6.45, 7) is 2.22. The molecular weight excluding hydrogens is 156 g/mol. The number of fused-ring (bicyclic) bond motifs is 2. The maximum absolute atomic E-state index is 6.37. The van der Waals surface area contributed by atoms with E-state index in [2.05, 4.69) is 6.92 Å². The van der Waals surface area contributed by atoms with Gasteiger partial charge >= 0.3 is 0 Å². The standard InChI is InChI=1S/C10H17Cl/c1-10(11)6-8-3-2-4-9(5-8)7-10/h8-9H,2-7H2,1H3. The lowest BCUT2D eigenvalue weighted by Gasteiger charge is -2.42. The van der Waals surface area contributed by atoms with E-state index in [-0.39, 0.29) is 4.87 Å². The molecule has 2 unspecified atom stereocenters. The zero-order valence-electron chi connectivity index (χ0n) is 7.28. The Balaban J connectivity index is 2.05. The average Bonchev–Trinajstić information content (AvgIpc) is 1.82. The Bertz CT molecular complexity index is 137. The third-order valence-electron chi connectivity index (χ3n) is 3.32. The Morgan fingerprint density at radius 2 is 1.73 bits per heavy atom. The van der Waals surface area contributed by atoms with Crippen LogP contribution in [0, 0.1) is 11.8 Å². The second kappa shape index (κ2) is 2.65. The first-order valence-corrected chi connectivity index (χ1v) is 5.22. The van der Waals surface area contributed by atoms with E-state index in [4.69, 9.17) is 11.6 Å². The van der Waals surface area contributed by atoms with E-state index in [1.165, 1.54) is 38.5 Å². The molecule has 2 saturated carbocycles. The summed E-state index contributed by atoms with van der Waals surface area (Å²) in [6.07, 6.45) is 8.36. The Morgan fingerprint density at radius 1 is 1.18 bits per heavy atom. The van der Waals surface area contributed by atoms with Crippen LogP contribution in [0.15, 0.2) is 0 Å². The number of rotatable bonds is 0. The zero-order chi connectivity index (χ0) is 7.90. The van der Waals surface area contributed by atoms with Gasteiger partial charge in [-0.2, -0.15) is 0 Å². The Hall–Kier alpha value is 0.290. The molecule has 0 radical (unpaired) electrons. The second-order valence-electron chi connectivity index (χ2n) is 4.72. The van der Waals surface area contributed by atoms with E-state index in [9.17, 15) is 0 Å². The predicted octanol–water partition coefficient (Wildman–Crippen LogP) is 3.58. The van der Waals surface area contributed by atoms with E-state index in [0.29, 0.717) is 0 Å². The van der Waals surface area contributed by atoms with Crippen LogP contribution in [-0.2, 0) is 0 Å². The van der Waals surface area contributed by atoms with Crippen molar-refractivity contribution in [1.29, 1.82) is 0 Å². The number of halogens is 1. The average molecular weight is 173 g/mol. The van der Waals surface area contributed by atoms with Crippen LogP contribution in [0.25, 0.3) is 0 Å². The van der Waals surface area contributed by atoms with Crippen molar-refractivity contribution in [2.45, 2.75) is 50.3 Å². The lowest BCUT2D eigenvalue weighted by Crippen LogP contribution is -2.34. The molecule has 0 amide bonds. The van der Waals surface area contributed by atoms with Crippen molar-refractivity contribution in [3.8, 4) is 0 Å². The number of hydrogen-bond acceptors (Lipinski definition) is 0. The first-order valence-electron chi connectivity index (χ1n) is 4.85. The highest BCUT2D eigenvalue weighted by Gasteiger charge is 2.37. The number of hydrogen-bond donors (Lipinski definition) is 0. The van der Waals surface area contributed by atoms with Gasteiger partial charge in [0, 0.05) is 4.87 Å². The minimum absolute atomic E-state index is 0.147. The molecule has 0 aromatic heterocycles. The van der Waals surface area contributed by atoms with E-state index in [1.807, 2.05) is 0 Å². The van der Waals surface area contributed by atoms with Gasteiger partial charge in [0.25, 0.3) is 0 Å². The van der Waals surface area contributed by atoms with Crippen molar-refractivity contribution >= 4 is 11.6 Å². The molecular formula is C10H17Cl. The van der Waals surface area contributed by atoms with Crippen LogP contribution in [-0.4, -0.2) is 4.87 Å². The van der Waals surface area contributed by atoms with Gasteiger partial charge in [0.1, 0.15) is 0 Å². The van der Waals surface area contributed by atoms with Crippen molar-refractivity contribution in [3.63, 3.8) is 0 Å². The van der Waals surface area contributed by atoms with Crippen molar-refractivity contribution in [3.05, 3.63) is 0 Å². The van der Waals surface area contributed by atoms with E-state index < -0.39 is 0 Å². The molecule has 1 heteroatoms. The normalized spacial score (nSPS) is 50.7. The molecule has 2 aliphatic carbocycles. The molecule has 2 aliphatic rings. The highest BCUT2D eigenvalue weighted by molar-refractivity contribution is 6.23. The van der Waals surface area contributed by atoms with Crippen LogP contribution < -0.4 is 0 Å². The van der Waals surface area contributed by atoms with E-state index >= 15 is 0 Å². The molecule has 0 aromatic carbocycles. The fourth-order valence-electron chi connectivity index (χ4n) is 3.06. The molecule has 2 rings (SSSR count). The molecule has 0 heterocycles. The van der Waals surface area contributed by atoms with Gasteiger partial charge in [-0.3, -0.25) is 0 Å². The monoisotopic (exact) mass is 172 g/mol. The molecule has 2 bridgehead atoms. The lowest BCUT2D eigenvalue weighted by atomic mass is 9.68. The molecule has 0 N–H and O–H groups in total. The third-order valence-corrected chi connectivity index (χ3v) is 3.63. The highest BCUT2D eigenvalue weighted by atomic mass is 35.5. The summed E-state index contributed by atoms with van der Waals surface area (Å²) in [5.41, 5.74) is 0. The first kappa shape index (κ1) is 7.91. The molecule has 2 atom stereocenters. The summed E-state index contributed by atoms with van der Waals surface area (Å²) in [4.78, 5) is 0.147. The summed E-state index contributed by atoms with van der Waals surface area (Å²) in [5, 5.41) is 0. The van der Waals surface area contributed by atoms with E-state index in [1.54, 1.807) is 0 Å². The fraction of sp³-hybridized carbons (Fsp3) is 1.00. The topological polar surface area (TPSA) is 0 Å². The number of alkyl halides is 1. The summed E-state index contributed by atoms with van der Waals surface area (Å²) >= 11 is 6.37. The van der Waals surface area contributed by atoms with Gasteiger partial charge in [-0.1, -0.05) is 19.3 Å². The maximum atomic E-state index is 6.37. The van der Waals surface area contributed by atoms with Gasteiger partial charge in [0.15, 0.2) is 0 Å². The minimum atomic E-state index is 0.147. The molecule has 64 valence electrons. The van der Waals surface area contributed by atoms with Gasteiger partial charge in [-0.15, -0.1) is 11.6 Å². The van der Waals surface area contributed by atoms with Gasteiger partial charge in [-0.25, -0.2) is 0 Å². The van der Waals surface area contributed by atoms with Gasteiger partial charge < -0.3 is 0 Å². The summed E-state index contributed by atoms with van der Waals surface area (Å²) in [5.74, 6) is 1.93. The van der Waals surface area contributed by atoms with Crippen LogP contribution in [0.4, 0.5) is 0 Å². The first-order chi connectivity index (χ1) is 5.16. The van der Waals surface area contributed by atoms with Crippen molar-refractivity contribution in [1.82, 2.24) is 0 Å². The van der Waals surface area contributed by atoms with Gasteiger partial charge in [0.2, 0.25) is 0 Å². The summed E-state index contributed by atoms with van der Waals surface area (Å²) in [7, 11) is 0. The predicted molar refractivity (Wildman–Crippen MR) is 48.9 cm³/mol. The summed E-state index contributed by atoms with van der Waals surface area (Å²) < 4.78 is 0. The van der Waals surface area contributed by atoms with E-state index in [0.717, 1.165) is 11.8 Å². The molecule has 2 fully saturated rings.